The van der Waals surface area contributed by atoms with Crippen molar-refractivity contribution in [3.8, 4) is 0 Å². The molecule has 4 heteroatoms. The first kappa shape index (κ1) is 13.7. The Balaban J connectivity index is 1.90. The summed E-state index contributed by atoms with van der Waals surface area (Å²) in [4.78, 5) is 0. The zero-order chi connectivity index (χ0) is 13.9. The topological polar surface area (TPSA) is 29.9 Å². The van der Waals surface area contributed by atoms with Gasteiger partial charge < -0.3 is 5.32 Å². The number of fused-ring (bicyclic) bond motifs is 1. The van der Waals surface area contributed by atoms with Crippen molar-refractivity contribution in [3.05, 3.63) is 51.8 Å². The Morgan fingerprint density at radius 3 is 2.85 bits per heavy atom. The van der Waals surface area contributed by atoms with E-state index in [1.54, 1.807) is 0 Å². The van der Waals surface area contributed by atoms with E-state index in [0.29, 0.717) is 0 Å². The number of hydrogen-bond donors (Lipinski definition) is 1. The van der Waals surface area contributed by atoms with E-state index in [9.17, 15) is 0 Å². The summed E-state index contributed by atoms with van der Waals surface area (Å²) in [5.74, 6) is 0. The first-order chi connectivity index (χ1) is 9.78. The van der Waals surface area contributed by atoms with Crippen LogP contribution < -0.4 is 5.32 Å². The molecule has 0 saturated heterocycles. The maximum Gasteiger partial charge on any atom is 0.0672 e. The summed E-state index contributed by atoms with van der Waals surface area (Å²) in [7, 11) is 0. The van der Waals surface area contributed by atoms with E-state index in [1.165, 1.54) is 22.5 Å². The Kier molecular flexibility index (Phi) is 4.08. The Hall–Kier alpha value is -1.32. The van der Waals surface area contributed by atoms with Crippen LogP contribution in [0.3, 0.4) is 0 Å². The van der Waals surface area contributed by atoms with Crippen LogP contribution in [0.1, 0.15) is 35.9 Å². The van der Waals surface area contributed by atoms with E-state index in [4.69, 9.17) is 16.7 Å². The third kappa shape index (κ3) is 2.74. The molecular formula is C16H20ClN3. The fraction of sp³-hybridized carbons (Fsp3) is 0.438. The summed E-state index contributed by atoms with van der Waals surface area (Å²) < 4.78 is 2.18. The molecule has 20 heavy (non-hydrogen) atoms. The van der Waals surface area contributed by atoms with Gasteiger partial charge in [0.15, 0.2) is 0 Å². The van der Waals surface area contributed by atoms with Gasteiger partial charge in [-0.15, -0.1) is 0 Å². The van der Waals surface area contributed by atoms with Gasteiger partial charge in [-0.2, -0.15) is 5.10 Å². The van der Waals surface area contributed by atoms with E-state index in [-0.39, 0.29) is 0 Å². The number of hydrogen-bond acceptors (Lipinski definition) is 2. The molecule has 0 radical (unpaired) electrons. The van der Waals surface area contributed by atoms with Crippen LogP contribution in [0.15, 0.2) is 24.3 Å². The molecule has 106 valence electrons. The summed E-state index contributed by atoms with van der Waals surface area (Å²) >= 11 is 5.94. The Morgan fingerprint density at radius 2 is 2.10 bits per heavy atom. The van der Waals surface area contributed by atoms with Gasteiger partial charge in [-0.3, -0.25) is 4.68 Å². The van der Waals surface area contributed by atoms with Crippen molar-refractivity contribution in [1.29, 1.82) is 0 Å². The van der Waals surface area contributed by atoms with E-state index in [2.05, 4.69) is 29.1 Å². The largest absolute Gasteiger partial charge is 0.312 e. The molecule has 0 spiro atoms. The normalized spacial score (nSPS) is 14.3. The summed E-state index contributed by atoms with van der Waals surface area (Å²) in [5.41, 5.74) is 5.35. The van der Waals surface area contributed by atoms with Gasteiger partial charge in [0.25, 0.3) is 0 Å². The zero-order valence-corrected chi connectivity index (χ0v) is 12.6. The summed E-state index contributed by atoms with van der Waals surface area (Å²) in [6.45, 7) is 5.06. The van der Waals surface area contributed by atoms with Gasteiger partial charge in [0.05, 0.1) is 12.2 Å². The van der Waals surface area contributed by atoms with E-state index < -0.39 is 0 Å². The first-order valence-electron chi connectivity index (χ1n) is 7.30. The highest BCUT2D eigenvalue weighted by atomic mass is 35.5. The molecule has 1 aliphatic heterocycles. The predicted molar refractivity (Wildman–Crippen MR) is 82.2 cm³/mol. The smallest absolute Gasteiger partial charge is 0.0672 e. The highest BCUT2D eigenvalue weighted by molar-refractivity contribution is 6.30. The molecule has 1 aromatic carbocycles. The van der Waals surface area contributed by atoms with E-state index in [0.717, 1.165) is 43.9 Å². The van der Waals surface area contributed by atoms with E-state index >= 15 is 0 Å². The van der Waals surface area contributed by atoms with Crippen LogP contribution in [0.25, 0.3) is 0 Å². The molecule has 0 amide bonds. The van der Waals surface area contributed by atoms with Gasteiger partial charge in [-0.25, -0.2) is 0 Å². The molecule has 1 aromatic heterocycles. The van der Waals surface area contributed by atoms with Crippen LogP contribution in [0.4, 0.5) is 0 Å². The fourth-order valence-electron chi connectivity index (χ4n) is 2.82. The molecule has 1 N–H and O–H groups in total. The van der Waals surface area contributed by atoms with E-state index in [1.807, 2.05) is 12.1 Å². The lowest BCUT2D eigenvalue weighted by atomic mass is 10.0. The van der Waals surface area contributed by atoms with Gasteiger partial charge in [0, 0.05) is 35.8 Å². The SMILES string of the molecule is CCCc1nn(Cc2ccc(Cl)cc2)c2c1CNCC2. The standard InChI is InChI=1S/C16H20ClN3/c1-2-3-15-14-10-18-9-8-16(14)20(19-15)11-12-4-6-13(17)7-5-12/h4-7,18H,2-3,8-11H2,1H3. The lowest BCUT2D eigenvalue weighted by Gasteiger charge is -2.15. The van der Waals surface area contributed by atoms with Crippen molar-refractivity contribution in [1.82, 2.24) is 15.1 Å². The van der Waals surface area contributed by atoms with Gasteiger partial charge in [-0.1, -0.05) is 37.1 Å². The number of rotatable bonds is 4. The Labute approximate surface area is 124 Å². The maximum atomic E-state index is 5.94. The molecule has 1 aliphatic rings. The van der Waals surface area contributed by atoms with Crippen molar-refractivity contribution >= 4 is 11.6 Å². The monoisotopic (exact) mass is 289 g/mol. The van der Waals surface area contributed by atoms with Crippen molar-refractivity contribution in [2.75, 3.05) is 6.54 Å². The Bertz CT molecular complexity index is 587. The van der Waals surface area contributed by atoms with Crippen LogP contribution in [0.2, 0.25) is 5.02 Å². The summed E-state index contributed by atoms with van der Waals surface area (Å²) in [6, 6.07) is 8.05. The number of benzene rings is 1. The summed E-state index contributed by atoms with van der Waals surface area (Å²) in [6.07, 6.45) is 3.28. The van der Waals surface area contributed by atoms with Gasteiger partial charge in [-0.05, 0) is 24.1 Å². The third-order valence-electron chi connectivity index (χ3n) is 3.82. The second-order valence-corrected chi connectivity index (χ2v) is 5.77. The minimum absolute atomic E-state index is 0.784. The fourth-order valence-corrected chi connectivity index (χ4v) is 2.95. The highest BCUT2D eigenvalue weighted by Crippen LogP contribution is 2.21. The maximum absolute atomic E-state index is 5.94. The molecule has 2 heterocycles. The number of halogens is 1. The van der Waals surface area contributed by atoms with Crippen molar-refractivity contribution in [2.45, 2.75) is 39.3 Å². The zero-order valence-electron chi connectivity index (χ0n) is 11.8. The number of aryl methyl sites for hydroxylation is 1. The molecule has 0 aliphatic carbocycles. The first-order valence-corrected chi connectivity index (χ1v) is 7.68. The van der Waals surface area contributed by atoms with Gasteiger partial charge in [0.1, 0.15) is 0 Å². The second-order valence-electron chi connectivity index (χ2n) is 5.33. The number of nitrogens with zero attached hydrogens (tertiary/aromatic N) is 2. The second kappa shape index (κ2) is 5.98. The molecule has 0 fully saturated rings. The molecule has 3 rings (SSSR count). The quantitative estimate of drug-likeness (QED) is 0.937. The molecule has 3 nitrogen and oxygen atoms in total. The Morgan fingerprint density at radius 1 is 1.30 bits per heavy atom. The molecule has 2 aromatic rings. The minimum atomic E-state index is 0.784. The molecule has 0 saturated carbocycles. The average molecular weight is 290 g/mol. The highest BCUT2D eigenvalue weighted by Gasteiger charge is 2.19. The molecule has 0 atom stereocenters. The van der Waals surface area contributed by atoms with Crippen LogP contribution in [-0.4, -0.2) is 16.3 Å². The van der Waals surface area contributed by atoms with Crippen LogP contribution in [-0.2, 0) is 25.9 Å². The van der Waals surface area contributed by atoms with Crippen LogP contribution in [0.5, 0.6) is 0 Å². The van der Waals surface area contributed by atoms with Gasteiger partial charge in [0.2, 0.25) is 0 Å². The summed E-state index contributed by atoms with van der Waals surface area (Å²) in [5, 5.41) is 9.08. The third-order valence-corrected chi connectivity index (χ3v) is 4.07. The van der Waals surface area contributed by atoms with Crippen molar-refractivity contribution in [2.24, 2.45) is 0 Å². The number of nitrogens with one attached hydrogen (secondary N) is 1. The van der Waals surface area contributed by atoms with Crippen molar-refractivity contribution < 1.29 is 0 Å². The number of aromatic nitrogens is 2. The average Bonchev–Trinajstić information content (AvgIpc) is 2.81. The van der Waals surface area contributed by atoms with Crippen molar-refractivity contribution in [3.63, 3.8) is 0 Å². The van der Waals surface area contributed by atoms with Crippen LogP contribution in [0, 0.1) is 0 Å². The molecule has 0 bridgehead atoms. The molecule has 0 unspecified atom stereocenters. The lowest BCUT2D eigenvalue weighted by Crippen LogP contribution is -2.25. The molecular weight excluding hydrogens is 270 g/mol. The lowest BCUT2D eigenvalue weighted by molar-refractivity contribution is 0.582. The minimum Gasteiger partial charge on any atom is -0.312 e. The predicted octanol–water partition coefficient (Wildman–Crippen LogP) is 3.18. The van der Waals surface area contributed by atoms with Gasteiger partial charge >= 0.3 is 0 Å². The van der Waals surface area contributed by atoms with Crippen LogP contribution >= 0.6 is 11.6 Å².